The summed E-state index contributed by atoms with van der Waals surface area (Å²) < 4.78 is 16.6. The molecule has 34 heavy (non-hydrogen) atoms. The first-order valence-electron chi connectivity index (χ1n) is 11.6. The predicted molar refractivity (Wildman–Crippen MR) is 131 cm³/mol. The second-order valence-electron chi connectivity index (χ2n) is 8.85. The van der Waals surface area contributed by atoms with Gasteiger partial charge in [0, 0.05) is 12.0 Å². The molecule has 0 radical (unpaired) electrons. The van der Waals surface area contributed by atoms with Crippen molar-refractivity contribution in [3.8, 4) is 11.3 Å². The van der Waals surface area contributed by atoms with E-state index in [9.17, 15) is 9.59 Å². The number of hydrogen-bond donors (Lipinski definition) is 1. The van der Waals surface area contributed by atoms with E-state index in [1.807, 2.05) is 87.5 Å². The number of carbonyl (C=O) groups excluding carboxylic acids is 2. The fraction of sp³-hybridized carbons (Fsp3) is 0.357. The number of nitrogens with one attached hydrogen (secondary N) is 1. The van der Waals surface area contributed by atoms with Crippen LogP contribution in [0, 0.1) is 12.8 Å². The Kier molecular flexibility index (Phi) is 9.05. The maximum atomic E-state index is 12.9. The summed E-state index contributed by atoms with van der Waals surface area (Å²) in [5.74, 6) is 0.708. The highest BCUT2D eigenvalue weighted by Crippen LogP contribution is 2.23. The van der Waals surface area contributed by atoms with Crippen LogP contribution in [0.25, 0.3) is 11.3 Å². The molecular weight excluding hydrogens is 430 g/mol. The van der Waals surface area contributed by atoms with Crippen molar-refractivity contribution in [2.24, 2.45) is 5.92 Å². The van der Waals surface area contributed by atoms with E-state index in [0.29, 0.717) is 12.2 Å². The van der Waals surface area contributed by atoms with E-state index in [2.05, 4.69) is 5.32 Å². The third-order valence-corrected chi connectivity index (χ3v) is 5.51. The summed E-state index contributed by atoms with van der Waals surface area (Å²) in [5.41, 5.74) is 3.03. The normalized spacial score (nSPS) is 12.9. The van der Waals surface area contributed by atoms with Crippen molar-refractivity contribution < 1.29 is 23.5 Å². The smallest absolute Gasteiger partial charge is 0.323 e. The van der Waals surface area contributed by atoms with E-state index >= 15 is 0 Å². The number of esters is 2. The van der Waals surface area contributed by atoms with Crippen LogP contribution in [0.5, 0.6) is 0 Å². The van der Waals surface area contributed by atoms with E-state index in [1.165, 1.54) is 12.7 Å². The molecule has 3 aromatic rings. The zero-order valence-electron chi connectivity index (χ0n) is 20.2. The number of aryl methyl sites for hydroxylation is 1. The maximum absolute atomic E-state index is 12.9. The molecule has 6 heteroatoms. The van der Waals surface area contributed by atoms with Crippen molar-refractivity contribution in [3.05, 3.63) is 83.6 Å². The van der Waals surface area contributed by atoms with Crippen molar-refractivity contribution in [3.63, 3.8) is 0 Å². The van der Waals surface area contributed by atoms with Crippen LogP contribution >= 0.6 is 0 Å². The summed E-state index contributed by atoms with van der Waals surface area (Å²) in [7, 11) is 1.34. The summed E-state index contributed by atoms with van der Waals surface area (Å²) in [6.45, 7) is 6.25. The average Bonchev–Trinajstić information content (AvgIpc) is 3.30. The second-order valence-corrected chi connectivity index (χ2v) is 8.85. The lowest BCUT2D eigenvalue weighted by atomic mass is 10.0. The van der Waals surface area contributed by atoms with Crippen molar-refractivity contribution in [2.45, 2.75) is 52.3 Å². The Bertz CT molecular complexity index is 1060. The zero-order valence-corrected chi connectivity index (χ0v) is 20.2. The number of ether oxygens (including phenoxy) is 2. The standard InChI is InChI=1S/C28H33NO5/c1-19(2)16-24(28(31)33-18-21-8-6-5-7-9-21)29-25(27(30)32-4)17-23-14-15-26(34-23)22-12-10-20(3)11-13-22/h5-15,19,24-25,29H,16-18H2,1-4H3/t24-,25-/m0/s1. The van der Waals surface area contributed by atoms with E-state index in [4.69, 9.17) is 13.9 Å². The van der Waals surface area contributed by atoms with Gasteiger partial charge in [0.2, 0.25) is 0 Å². The van der Waals surface area contributed by atoms with E-state index in [-0.39, 0.29) is 18.9 Å². The van der Waals surface area contributed by atoms with Gasteiger partial charge in [-0.1, -0.05) is 74.0 Å². The molecule has 3 rings (SSSR count). The highest BCUT2D eigenvalue weighted by Gasteiger charge is 2.30. The Balaban J connectivity index is 1.71. The lowest BCUT2D eigenvalue weighted by Gasteiger charge is -2.24. The first-order chi connectivity index (χ1) is 16.4. The molecule has 180 valence electrons. The summed E-state index contributed by atoms with van der Waals surface area (Å²) >= 11 is 0. The lowest BCUT2D eigenvalue weighted by molar-refractivity contribution is -0.149. The van der Waals surface area contributed by atoms with Gasteiger partial charge in [0.15, 0.2) is 0 Å². The van der Waals surface area contributed by atoms with Crippen molar-refractivity contribution in [2.75, 3.05) is 7.11 Å². The van der Waals surface area contributed by atoms with Crippen LogP contribution in [-0.4, -0.2) is 31.1 Å². The number of benzene rings is 2. The van der Waals surface area contributed by atoms with Gasteiger partial charge in [-0.05, 0) is 37.0 Å². The van der Waals surface area contributed by atoms with Crippen LogP contribution in [0.2, 0.25) is 0 Å². The van der Waals surface area contributed by atoms with Gasteiger partial charge in [-0.2, -0.15) is 0 Å². The maximum Gasteiger partial charge on any atom is 0.323 e. The topological polar surface area (TPSA) is 77.8 Å². The molecule has 6 nitrogen and oxygen atoms in total. The largest absolute Gasteiger partial charge is 0.468 e. The summed E-state index contributed by atoms with van der Waals surface area (Å²) in [6, 6.07) is 19.9. The van der Waals surface area contributed by atoms with Crippen LogP contribution in [0.15, 0.2) is 71.1 Å². The van der Waals surface area contributed by atoms with Crippen LogP contribution in [0.4, 0.5) is 0 Å². The molecular formula is C28H33NO5. The van der Waals surface area contributed by atoms with Gasteiger partial charge < -0.3 is 13.9 Å². The van der Waals surface area contributed by atoms with Gasteiger partial charge in [-0.25, -0.2) is 0 Å². The van der Waals surface area contributed by atoms with Crippen LogP contribution in [-0.2, 0) is 32.1 Å². The molecule has 2 aromatic carbocycles. The monoisotopic (exact) mass is 463 g/mol. The lowest BCUT2D eigenvalue weighted by Crippen LogP contribution is -2.49. The van der Waals surface area contributed by atoms with E-state index < -0.39 is 24.0 Å². The molecule has 0 bridgehead atoms. The number of carbonyl (C=O) groups is 2. The predicted octanol–water partition coefficient (Wildman–Crippen LogP) is 5.09. The van der Waals surface area contributed by atoms with Crippen molar-refractivity contribution in [1.82, 2.24) is 5.32 Å². The molecule has 0 unspecified atom stereocenters. The first kappa shape index (κ1) is 25.2. The van der Waals surface area contributed by atoms with Gasteiger partial charge in [0.1, 0.15) is 30.2 Å². The third kappa shape index (κ3) is 7.32. The van der Waals surface area contributed by atoms with Gasteiger partial charge in [-0.3, -0.25) is 14.9 Å². The zero-order chi connectivity index (χ0) is 24.5. The first-order valence-corrected chi connectivity index (χ1v) is 11.6. The summed E-state index contributed by atoms with van der Waals surface area (Å²) in [6.07, 6.45) is 0.771. The number of methoxy groups -OCH3 is 1. The molecule has 0 amide bonds. The van der Waals surface area contributed by atoms with Crippen LogP contribution in [0.1, 0.15) is 37.2 Å². The quantitative estimate of drug-likeness (QED) is 0.399. The molecule has 0 aliphatic heterocycles. The number of hydrogen-bond acceptors (Lipinski definition) is 6. The molecule has 1 heterocycles. The Morgan fingerprint density at radius 1 is 0.912 bits per heavy atom. The summed E-state index contributed by atoms with van der Waals surface area (Å²) in [4.78, 5) is 25.5. The fourth-order valence-electron chi connectivity index (χ4n) is 3.69. The van der Waals surface area contributed by atoms with E-state index in [0.717, 1.165) is 16.9 Å². The molecule has 0 saturated carbocycles. The molecule has 0 spiro atoms. The third-order valence-electron chi connectivity index (χ3n) is 5.51. The Morgan fingerprint density at radius 2 is 1.62 bits per heavy atom. The second kappa shape index (κ2) is 12.2. The minimum Gasteiger partial charge on any atom is -0.468 e. The van der Waals surface area contributed by atoms with Gasteiger partial charge in [0.25, 0.3) is 0 Å². The Hall–Kier alpha value is -3.38. The SMILES string of the molecule is COC(=O)[C@H](Cc1ccc(-c2ccc(C)cc2)o1)N[C@@H](CC(C)C)C(=O)OCc1ccccc1. The van der Waals surface area contributed by atoms with Crippen LogP contribution < -0.4 is 5.32 Å². The highest BCUT2D eigenvalue weighted by atomic mass is 16.5. The molecule has 0 aliphatic carbocycles. The number of furan rings is 1. The van der Waals surface area contributed by atoms with E-state index in [1.54, 1.807) is 0 Å². The van der Waals surface area contributed by atoms with Gasteiger partial charge in [-0.15, -0.1) is 0 Å². The van der Waals surface area contributed by atoms with Crippen molar-refractivity contribution >= 4 is 11.9 Å². The molecule has 0 aliphatic rings. The molecule has 2 atom stereocenters. The fourth-order valence-corrected chi connectivity index (χ4v) is 3.69. The minimum absolute atomic E-state index is 0.178. The highest BCUT2D eigenvalue weighted by molar-refractivity contribution is 5.80. The Morgan fingerprint density at radius 3 is 2.26 bits per heavy atom. The average molecular weight is 464 g/mol. The number of rotatable bonds is 11. The summed E-state index contributed by atoms with van der Waals surface area (Å²) in [5, 5.41) is 3.17. The van der Waals surface area contributed by atoms with Gasteiger partial charge >= 0.3 is 11.9 Å². The molecule has 1 aromatic heterocycles. The van der Waals surface area contributed by atoms with Crippen LogP contribution in [0.3, 0.4) is 0 Å². The van der Waals surface area contributed by atoms with Gasteiger partial charge in [0.05, 0.1) is 7.11 Å². The molecule has 1 N–H and O–H groups in total. The van der Waals surface area contributed by atoms with Crippen molar-refractivity contribution in [1.29, 1.82) is 0 Å². The Labute approximate surface area is 201 Å². The molecule has 0 saturated heterocycles. The minimum atomic E-state index is -0.755. The molecule has 0 fully saturated rings.